The molecule has 1 atom stereocenters. The van der Waals surface area contributed by atoms with Crippen molar-refractivity contribution >= 4 is 5.82 Å². The molecule has 98 valence electrons. The van der Waals surface area contributed by atoms with Crippen LogP contribution in [0.2, 0.25) is 0 Å². The molecular formula is C13H11N7. The number of rotatable bonds is 2. The van der Waals surface area contributed by atoms with Gasteiger partial charge in [0.1, 0.15) is 12.1 Å². The quantitative estimate of drug-likeness (QED) is 0.799. The van der Waals surface area contributed by atoms with Gasteiger partial charge >= 0.3 is 0 Å². The zero-order chi connectivity index (χ0) is 13.9. The number of anilines is 1. The minimum absolute atomic E-state index is 0.186. The summed E-state index contributed by atoms with van der Waals surface area (Å²) in [5, 5.41) is 22.1. The Labute approximate surface area is 115 Å². The summed E-state index contributed by atoms with van der Waals surface area (Å²) in [5.41, 5.74) is 0.895. The van der Waals surface area contributed by atoms with Gasteiger partial charge in [-0.1, -0.05) is 0 Å². The Kier molecular flexibility index (Phi) is 3.02. The van der Waals surface area contributed by atoms with Crippen molar-refractivity contribution in [1.29, 1.82) is 10.5 Å². The maximum atomic E-state index is 9.06. The molecular weight excluding hydrogens is 254 g/mol. The Hall–Kier alpha value is -2.93. The second kappa shape index (κ2) is 4.98. The Morgan fingerprint density at radius 3 is 2.80 bits per heavy atom. The molecule has 1 fully saturated rings. The Morgan fingerprint density at radius 1 is 1.20 bits per heavy atom. The van der Waals surface area contributed by atoms with Gasteiger partial charge in [0.05, 0.1) is 17.8 Å². The highest BCUT2D eigenvalue weighted by Crippen LogP contribution is 2.26. The van der Waals surface area contributed by atoms with E-state index in [0.717, 1.165) is 13.0 Å². The Morgan fingerprint density at radius 2 is 2.05 bits per heavy atom. The summed E-state index contributed by atoms with van der Waals surface area (Å²) in [7, 11) is 0. The topological polar surface area (TPSA) is 94.4 Å². The predicted molar refractivity (Wildman–Crippen MR) is 69.6 cm³/mol. The minimum atomic E-state index is 0.186. The van der Waals surface area contributed by atoms with Crippen molar-refractivity contribution in [2.45, 2.75) is 12.5 Å². The number of nitriles is 2. The molecule has 0 saturated carbocycles. The summed E-state index contributed by atoms with van der Waals surface area (Å²) in [4.78, 5) is 10.3. The van der Waals surface area contributed by atoms with E-state index in [9.17, 15) is 0 Å². The average molecular weight is 265 g/mol. The molecule has 0 spiro atoms. The standard InChI is InChI=1S/C13H11N7/c14-5-10-7-18-20(8-10)11-1-4-19(9-11)13-12(6-15)16-2-3-17-13/h2-3,7-8,11H,1,4,9H2. The first-order valence-electron chi connectivity index (χ1n) is 6.22. The maximum absolute atomic E-state index is 9.06. The van der Waals surface area contributed by atoms with E-state index in [-0.39, 0.29) is 6.04 Å². The smallest absolute Gasteiger partial charge is 0.183 e. The largest absolute Gasteiger partial charge is 0.352 e. The van der Waals surface area contributed by atoms with Crippen molar-refractivity contribution in [2.75, 3.05) is 18.0 Å². The molecule has 2 aromatic heterocycles. The third-order valence-corrected chi connectivity index (χ3v) is 3.35. The van der Waals surface area contributed by atoms with Gasteiger partial charge in [0.15, 0.2) is 11.5 Å². The minimum Gasteiger partial charge on any atom is -0.352 e. The van der Waals surface area contributed by atoms with Gasteiger partial charge in [0, 0.05) is 31.7 Å². The van der Waals surface area contributed by atoms with Crippen molar-refractivity contribution < 1.29 is 0 Å². The molecule has 20 heavy (non-hydrogen) atoms. The van der Waals surface area contributed by atoms with E-state index >= 15 is 0 Å². The SMILES string of the molecule is N#Cc1cnn(C2CCN(c3nccnc3C#N)C2)c1. The van der Waals surface area contributed by atoms with Crippen LogP contribution in [0, 0.1) is 22.7 Å². The highest BCUT2D eigenvalue weighted by atomic mass is 15.3. The fourth-order valence-corrected chi connectivity index (χ4v) is 2.39. The second-order valence-corrected chi connectivity index (χ2v) is 4.55. The second-order valence-electron chi connectivity index (χ2n) is 4.55. The van der Waals surface area contributed by atoms with Gasteiger partial charge < -0.3 is 4.90 Å². The lowest BCUT2D eigenvalue weighted by molar-refractivity contribution is 0.494. The average Bonchev–Trinajstić information content (AvgIpc) is 3.15. The molecule has 7 nitrogen and oxygen atoms in total. The van der Waals surface area contributed by atoms with Crippen molar-refractivity contribution in [2.24, 2.45) is 0 Å². The van der Waals surface area contributed by atoms with Crippen LogP contribution in [0.5, 0.6) is 0 Å². The normalized spacial score (nSPS) is 17.7. The lowest BCUT2D eigenvalue weighted by Gasteiger charge is -2.17. The highest BCUT2D eigenvalue weighted by molar-refractivity contribution is 5.50. The molecule has 0 N–H and O–H groups in total. The van der Waals surface area contributed by atoms with Crippen LogP contribution >= 0.6 is 0 Å². The van der Waals surface area contributed by atoms with Crippen LogP contribution in [-0.2, 0) is 0 Å². The van der Waals surface area contributed by atoms with E-state index in [4.69, 9.17) is 10.5 Å². The fraction of sp³-hybridized carbons (Fsp3) is 0.308. The number of hydrogen-bond donors (Lipinski definition) is 0. The van der Waals surface area contributed by atoms with Crippen LogP contribution in [-0.4, -0.2) is 32.8 Å². The van der Waals surface area contributed by atoms with Gasteiger partial charge in [0.2, 0.25) is 0 Å². The molecule has 0 aliphatic carbocycles. The maximum Gasteiger partial charge on any atom is 0.183 e. The van der Waals surface area contributed by atoms with Crippen LogP contribution in [0.15, 0.2) is 24.8 Å². The van der Waals surface area contributed by atoms with E-state index in [2.05, 4.69) is 27.2 Å². The van der Waals surface area contributed by atoms with Crippen LogP contribution < -0.4 is 4.90 Å². The van der Waals surface area contributed by atoms with Crippen molar-refractivity contribution in [3.63, 3.8) is 0 Å². The molecule has 3 heterocycles. The fourth-order valence-electron chi connectivity index (χ4n) is 2.39. The lowest BCUT2D eigenvalue weighted by atomic mass is 10.3. The van der Waals surface area contributed by atoms with Gasteiger partial charge in [-0.15, -0.1) is 0 Å². The highest BCUT2D eigenvalue weighted by Gasteiger charge is 2.27. The Bertz CT molecular complexity index is 706. The number of nitrogens with zero attached hydrogens (tertiary/aromatic N) is 7. The van der Waals surface area contributed by atoms with E-state index in [1.54, 1.807) is 23.3 Å². The number of aromatic nitrogens is 4. The summed E-state index contributed by atoms with van der Waals surface area (Å²) in [6.07, 6.45) is 7.31. The van der Waals surface area contributed by atoms with Crippen LogP contribution in [0.25, 0.3) is 0 Å². The van der Waals surface area contributed by atoms with Crippen molar-refractivity contribution in [3.8, 4) is 12.1 Å². The van der Waals surface area contributed by atoms with Crippen LogP contribution in [0.1, 0.15) is 23.7 Å². The lowest BCUT2D eigenvalue weighted by Crippen LogP contribution is -2.23. The molecule has 0 bridgehead atoms. The zero-order valence-electron chi connectivity index (χ0n) is 10.6. The van der Waals surface area contributed by atoms with E-state index in [1.165, 1.54) is 6.20 Å². The molecule has 1 unspecified atom stereocenters. The summed E-state index contributed by atoms with van der Waals surface area (Å²) in [6, 6.07) is 4.31. The summed E-state index contributed by atoms with van der Waals surface area (Å²) in [5.74, 6) is 0.616. The van der Waals surface area contributed by atoms with Gasteiger partial charge in [-0.05, 0) is 6.42 Å². The number of hydrogen-bond acceptors (Lipinski definition) is 6. The molecule has 1 aliphatic rings. The van der Waals surface area contributed by atoms with E-state index in [1.807, 2.05) is 4.90 Å². The summed E-state index contributed by atoms with van der Waals surface area (Å²) >= 11 is 0. The molecule has 0 radical (unpaired) electrons. The predicted octanol–water partition coefficient (Wildman–Crippen LogP) is 0.868. The third-order valence-electron chi connectivity index (χ3n) is 3.35. The molecule has 0 amide bonds. The van der Waals surface area contributed by atoms with Gasteiger partial charge in [0.25, 0.3) is 0 Å². The molecule has 3 rings (SSSR count). The molecule has 1 aliphatic heterocycles. The van der Waals surface area contributed by atoms with Gasteiger partial charge in [-0.25, -0.2) is 9.97 Å². The third kappa shape index (κ3) is 2.06. The van der Waals surface area contributed by atoms with Crippen molar-refractivity contribution in [3.05, 3.63) is 36.0 Å². The molecule has 7 heteroatoms. The van der Waals surface area contributed by atoms with E-state index in [0.29, 0.717) is 23.6 Å². The monoisotopic (exact) mass is 265 g/mol. The van der Waals surface area contributed by atoms with Crippen LogP contribution in [0.3, 0.4) is 0 Å². The Balaban J connectivity index is 1.80. The first kappa shape index (κ1) is 12.1. The summed E-state index contributed by atoms with van der Waals surface area (Å²) in [6.45, 7) is 1.50. The zero-order valence-corrected chi connectivity index (χ0v) is 10.6. The first-order chi connectivity index (χ1) is 9.81. The molecule has 2 aromatic rings. The van der Waals surface area contributed by atoms with E-state index < -0.39 is 0 Å². The first-order valence-corrected chi connectivity index (χ1v) is 6.22. The van der Waals surface area contributed by atoms with Gasteiger partial charge in [-0.3, -0.25) is 4.68 Å². The molecule has 1 saturated heterocycles. The van der Waals surface area contributed by atoms with Gasteiger partial charge in [-0.2, -0.15) is 15.6 Å². The van der Waals surface area contributed by atoms with Crippen molar-refractivity contribution in [1.82, 2.24) is 19.7 Å². The summed E-state index contributed by atoms with van der Waals surface area (Å²) < 4.78 is 1.81. The van der Waals surface area contributed by atoms with Crippen LogP contribution in [0.4, 0.5) is 5.82 Å². The molecule has 0 aromatic carbocycles.